The van der Waals surface area contributed by atoms with Crippen molar-refractivity contribution in [3.8, 4) is 0 Å². The van der Waals surface area contributed by atoms with Gasteiger partial charge in [-0.15, -0.1) is 0 Å². The smallest absolute Gasteiger partial charge is 0.325 e. The number of ketones is 1. The number of hydrogen-bond acceptors (Lipinski definition) is 3. The van der Waals surface area contributed by atoms with Gasteiger partial charge in [-0.25, -0.2) is 0 Å². The minimum atomic E-state index is -1.31. The van der Waals surface area contributed by atoms with Crippen molar-refractivity contribution < 1.29 is 14.3 Å². The number of benzene rings is 3. The van der Waals surface area contributed by atoms with Gasteiger partial charge in [-0.05, 0) is 27.8 Å². The SMILES string of the molecule is COC(=O)[C@@]12C(=O)c3ccccc3[C@@H]1C(c1ccccc1)=C2c1ccccc1. The Kier molecular flexibility index (Phi) is 3.59. The first-order valence-corrected chi connectivity index (χ1v) is 9.29. The molecule has 0 aliphatic heterocycles. The van der Waals surface area contributed by atoms with Gasteiger partial charge in [0.25, 0.3) is 0 Å². The summed E-state index contributed by atoms with van der Waals surface area (Å²) in [6.07, 6.45) is 0. The van der Waals surface area contributed by atoms with Gasteiger partial charge in [0, 0.05) is 11.5 Å². The average Bonchev–Trinajstić information content (AvgIpc) is 2.95. The maximum Gasteiger partial charge on any atom is 0.325 e. The number of carbonyl (C=O) groups is 2. The second-order valence-corrected chi connectivity index (χ2v) is 7.17. The molecule has 0 radical (unpaired) electrons. The molecule has 0 N–H and O–H groups in total. The molecule has 2 aliphatic rings. The lowest BCUT2D eigenvalue weighted by atomic mass is 9.53. The fourth-order valence-corrected chi connectivity index (χ4v) is 4.83. The first-order chi connectivity index (χ1) is 13.7. The second-order valence-electron chi connectivity index (χ2n) is 7.17. The number of carbonyl (C=O) groups excluding carboxylic acids is 2. The summed E-state index contributed by atoms with van der Waals surface area (Å²) in [5.74, 6) is -0.989. The Labute approximate surface area is 163 Å². The van der Waals surface area contributed by atoms with Crippen molar-refractivity contribution in [2.24, 2.45) is 5.41 Å². The third-order valence-electron chi connectivity index (χ3n) is 5.91. The van der Waals surface area contributed by atoms with E-state index in [0.29, 0.717) is 5.56 Å². The highest BCUT2D eigenvalue weighted by Crippen LogP contribution is 2.69. The molecule has 0 amide bonds. The van der Waals surface area contributed by atoms with E-state index in [-0.39, 0.29) is 11.7 Å². The van der Waals surface area contributed by atoms with Crippen molar-refractivity contribution >= 4 is 22.9 Å². The first-order valence-electron chi connectivity index (χ1n) is 9.29. The van der Waals surface area contributed by atoms with Gasteiger partial charge in [0.15, 0.2) is 11.2 Å². The largest absolute Gasteiger partial charge is 0.468 e. The molecule has 0 unspecified atom stereocenters. The van der Waals surface area contributed by atoms with Crippen molar-refractivity contribution in [1.82, 2.24) is 0 Å². The highest BCUT2D eigenvalue weighted by molar-refractivity contribution is 6.34. The van der Waals surface area contributed by atoms with Crippen molar-refractivity contribution in [1.29, 1.82) is 0 Å². The van der Waals surface area contributed by atoms with Crippen LogP contribution in [0.5, 0.6) is 0 Å². The molecule has 5 rings (SSSR count). The summed E-state index contributed by atoms with van der Waals surface area (Å²) in [6, 6.07) is 27.2. The Balaban J connectivity index is 1.88. The molecule has 3 heteroatoms. The van der Waals surface area contributed by atoms with Crippen LogP contribution < -0.4 is 0 Å². The molecule has 0 bridgehead atoms. The molecule has 3 nitrogen and oxygen atoms in total. The number of Topliss-reactive ketones (excluding diaryl/α,β-unsaturated/α-hetero) is 1. The lowest BCUT2D eigenvalue weighted by Crippen LogP contribution is -2.49. The summed E-state index contributed by atoms with van der Waals surface area (Å²) in [5, 5.41) is 0. The fourth-order valence-electron chi connectivity index (χ4n) is 4.83. The van der Waals surface area contributed by atoms with Gasteiger partial charge >= 0.3 is 5.97 Å². The number of hydrogen-bond donors (Lipinski definition) is 0. The Hall–Kier alpha value is -3.46. The van der Waals surface area contributed by atoms with Gasteiger partial charge in [0.1, 0.15) is 0 Å². The van der Waals surface area contributed by atoms with Crippen LogP contribution in [0.4, 0.5) is 0 Å². The van der Waals surface area contributed by atoms with E-state index < -0.39 is 11.4 Å². The highest BCUT2D eigenvalue weighted by atomic mass is 16.5. The number of methoxy groups -OCH3 is 1. The van der Waals surface area contributed by atoms with Gasteiger partial charge < -0.3 is 4.74 Å². The third-order valence-corrected chi connectivity index (χ3v) is 5.91. The standard InChI is InChI=1S/C25H18O3/c1-28-24(27)25-21(17-12-6-3-7-13-17)20(16-10-4-2-5-11-16)22(25)18-14-8-9-15-19(18)23(25)26/h2-15,22H,1H3/t22-,25-/m1/s1. The number of ether oxygens (including phenoxy) is 1. The quantitative estimate of drug-likeness (QED) is 0.496. The molecule has 28 heavy (non-hydrogen) atoms. The zero-order valence-corrected chi connectivity index (χ0v) is 15.4. The number of fused-ring (bicyclic) bond motifs is 3. The lowest BCUT2D eigenvalue weighted by molar-refractivity contribution is -0.147. The Morgan fingerprint density at radius 2 is 1.39 bits per heavy atom. The molecule has 3 aromatic carbocycles. The van der Waals surface area contributed by atoms with Crippen LogP contribution in [-0.2, 0) is 9.53 Å². The molecule has 136 valence electrons. The predicted molar refractivity (Wildman–Crippen MR) is 108 cm³/mol. The summed E-state index contributed by atoms with van der Waals surface area (Å²) < 4.78 is 5.20. The highest BCUT2D eigenvalue weighted by Gasteiger charge is 2.69. The molecule has 0 spiro atoms. The normalized spacial score (nSPS) is 22.3. The Bertz CT molecular complexity index is 1130. The molecule has 3 aromatic rings. The van der Waals surface area contributed by atoms with E-state index in [2.05, 4.69) is 0 Å². The van der Waals surface area contributed by atoms with E-state index in [1.54, 1.807) is 0 Å². The van der Waals surface area contributed by atoms with Crippen molar-refractivity contribution in [2.45, 2.75) is 5.92 Å². The maximum atomic E-state index is 13.6. The van der Waals surface area contributed by atoms with Crippen molar-refractivity contribution in [3.63, 3.8) is 0 Å². The molecule has 0 fully saturated rings. The van der Waals surface area contributed by atoms with Gasteiger partial charge in [-0.3, -0.25) is 9.59 Å². The summed E-state index contributed by atoms with van der Waals surface area (Å²) in [5.41, 5.74) is 3.88. The van der Waals surface area contributed by atoms with E-state index in [9.17, 15) is 9.59 Å². The van der Waals surface area contributed by atoms with E-state index in [4.69, 9.17) is 4.74 Å². The molecule has 0 saturated heterocycles. The molecular formula is C25H18O3. The monoisotopic (exact) mass is 366 g/mol. The number of allylic oxidation sites excluding steroid dienone is 1. The summed E-state index contributed by atoms with van der Waals surface area (Å²) in [6.45, 7) is 0. The minimum absolute atomic E-state index is 0.168. The maximum absolute atomic E-state index is 13.6. The molecule has 2 atom stereocenters. The number of esters is 1. The Morgan fingerprint density at radius 3 is 2.04 bits per heavy atom. The minimum Gasteiger partial charge on any atom is -0.468 e. The first kappa shape index (κ1) is 16.7. The summed E-state index contributed by atoms with van der Waals surface area (Å²) in [4.78, 5) is 26.8. The van der Waals surface area contributed by atoms with Gasteiger partial charge in [0.05, 0.1) is 7.11 Å². The van der Waals surface area contributed by atoms with E-state index in [1.807, 2.05) is 84.9 Å². The second kappa shape index (κ2) is 6.03. The average molecular weight is 366 g/mol. The van der Waals surface area contributed by atoms with Gasteiger partial charge in [0.2, 0.25) is 0 Å². The van der Waals surface area contributed by atoms with Crippen LogP contribution in [0.3, 0.4) is 0 Å². The fraction of sp³-hybridized carbons (Fsp3) is 0.120. The molecule has 0 aromatic heterocycles. The predicted octanol–water partition coefficient (Wildman–Crippen LogP) is 4.75. The zero-order valence-electron chi connectivity index (χ0n) is 15.4. The molecule has 2 aliphatic carbocycles. The van der Waals surface area contributed by atoms with Crippen LogP contribution >= 0.6 is 0 Å². The molecular weight excluding hydrogens is 348 g/mol. The van der Waals surface area contributed by atoms with E-state index in [0.717, 1.165) is 27.8 Å². The lowest BCUT2D eigenvalue weighted by Gasteiger charge is -2.46. The summed E-state index contributed by atoms with van der Waals surface area (Å²) in [7, 11) is 1.35. The van der Waals surface area contributed by atoms with Crippen LogP contribution in [0.15, 0.2) is 84.9 Å². The van der Waals surface area contributed by atoms with Crippen LogP contribution in [0, 0.1) is 5.41 Å². The van der Waals surface area contributed by atoms with E-state index in [1.165, 1.54) is 7.11 Å². The topological polar surface area (TPSA) is 43.4 Å². The van der Waals surface area contributed by atoms with Gasteiger partial charge in [-0.1, -0.05) is 84.9 Å². The Morgan fingerprint density at radius 1 is 0.821 bits per heavy atom. The van der Waals surface area contributed by atoms with Crippen LogP contribution in [-0.4, -0.2) is 18.9 Å². The molecule has 0 heterocycles. The van der Waals surface area contributed by atoms with Crippen LogP contribution in [0.1, 0.15) is 33.0 Å². The zero-order chi connectivity index (χ0) is 19.3. The van der Waals surface area contributed by atoms with Gasteiger partial charge in [-0.2, -0.15) is 0 Å². The van der Waals surface area contributed by atoms with Crippen LogP contribution in [0.25, 0.3) is 11.1 Å². The van der Waals surface area contributed by atoms with E-state index >= 15 is 0 Å². The van der Waals surface area contributed by atoms with Crippen molar-refractivity contribution in [2.75, 3.05) is 7.11 Å². The van der Waals surface area contributed by atoms with Crippen LogP contribution in [0.2, 0.25) is 0 Å². The van der Waals surface area contributed by atoms with Crippen molar-refractivity contribution in [3.05, 3.63) is 107 Å². The third kappa shape index (κ3) is 1.93. The number of rotatable bonds is 3. The molecule has 0 saturated carbocycles. The summed E-state index contributed by atoms with van der Waals surface area (Å²) >= 11 is 0.